The lowest BCUT2D eigenvalue weighted by atomic mass is 9.85. The molecule has 0 bridgehead atoms. The van der Waals surface area contributed by atoms with Crippen molar-refractivity contribution in [1.29, 1.82) is 0 Å². The third-order valence-corrected chi connectivity index (χ3v) is 3.94. The van der Waals surface area contributed by atoms with Gasteiger partial charge in [0.05, 0.1) is 7.11 Å². The van der Waals surface area contributed by atoms with E-state index in [1.165, 1.54) is 31.4 Å². The lowest BCUT2D eigenvalue weighted by molar-refractivity contribution is 0.178. The van der Waals surface area contributed by atoms with E-state index in [4.69, 9.17) is 10.5 Å². The van der Waals surface area contributed by atoms with Crippen molar-refractivity contribution in [2.45, 2.75) is 32.7 Å². The molecule has 1 aromatic carbocycles. The molecule has 0 amide bonds. The minimum Gasteiger partial charge on any atom is -0.497 e. The predicted molar refractivity (Wildman–Crippen MR) is 75.7 cm³/mol. The maximum atomic E-state index is 6.07. The van der Waals surface area contributed by atoms with E-state index >= 15 is 0 Å². The second-order valence-electron chi connectivity index (χ2n) is 5.19. The smallest absolute Gasteiger partial charge is 0.120 e. The molecule has 1 saturated carbocycles. The van der Waals surface area contributed by atoms with Crippen LogP contribution in [-0.2, 0) is 6.54 Å². The number of hydrogen-bond donors (Lipinski definition) is 1. The second-order valence-corrected chi connectivity index (χ2v) is 5.19. The lowest BCUT2D eigenvalue weighted by Crippen LogP contribution is -2.32. The molecular formula is C15H24N2O. The minimum absolute atomic E-state index is 0.832. The molecule has 0 heterocycles. The molecule has 3 nitrogen and oxygen atoms in total. The van der Waals surface area contributed by atoms with Gasteiger partial charge in [0.1, 0.15) is 5.75 Å². The van der Waals surface area contributed by atoms with Gasteiger partial charge < -0.3 is 10.5 Å². The first-order chi connectivity index (χ1) is 8.72. The van der Waals surface area contributed by atoms with E-state index < -0.39 is 0 Å². The Labute approximate surface area is 110 Å². The standard InChI is InChI=1S/C15H24N2O/c1-3-17(10-12-5-4-6-12)11-13-7-8-14(18-2)9-15(13)16/h7-9,12H,3-6,10-11,16H2,1-2H3. The molecule has 0 saturated heterocycles. The largest absolute Gasteiger partial charge is 0.497 e. The molecule has 2 N–H and O–H groups in total. The molecule has 1 aliphatic rings. The van der Waals surface area contributed by atoms with Gasteiger partial charge in [-0.15, -0.1) is 0 Å². The summed E-state index contributed by atoms with van der Waals surface area (Å²) in [5.74, 6) is 1.74. The molecule has 0 radical (unpaired) electrons. The number of methoxy groups -OCH3 is 1. The van der Waals surface area contributed by atoms with Crippen molar-refractivity contribution in [3.05, 3.63) is 23.8 Å². The van der Waals surface area contributed by atoms with Crippen LogP contribution in [0.5, 0.6) is 5.75 Å². The zero-order valence-corrected chi connectivity index (χ0v) is 11.5. The summed E-state index contributed by atoms with van der Waals surface area (Å²) in [7, 11) is 1.67. The van der Waals surface area contributed by atoms with Crippen molar-refractivity contribution in [1.82, 2.24) is 4.90 Å². The molecule has 0 aromatic heterocycles. The van der Waals surface area contributed by atoms with Gasteiger partial charge in [0.25, 0.3) is 0 Å². The van der Waals surface area contributed by atoms with E-state index in [9.17, 15) is 0 Å². The maximum absolute atomic E-state index is 6.07. The molecule has 0 spiro atoms. The van der Waals surface area contributed by atoms with E-state index in [-0.39, 0.29) is 0 Å². The van der Waals surface area contributed by atoms with Crippen molar-refractivity contribution in [2.75, 3.05) is 25.9 Å². The average Bonchev–Trinajstić information content (AvgIpc) is 2.33. The molecule has 3 heteroatoms. The zero-order chi connectivity index (χ0) is 13.0. The highest BCUT2D eigenvalue weighted by atomic mass is 16.5. The van der Waals surface area contributed by atoms with Crippen LogP contribution in [0.4, 0.5) is 5.69 Å². The fraction of sp³-hybridized carbons (Fsp3) is 0.600. The van der Waals surface area contributed by atoms with E-state index in [1.54, 1.807) is 7.11 Å². The molecule has 2 rings (SSSR count). The third-order valence-electron chi connectivity index (χ3n) is 3.94. The Morgan fingerprint density at radius 3 is 2.67 bits per heavy atom. The van der Waals surface area contributed by atoms with Gasteiger partial charge in [0.15, 0.2) is 0 Å². The summed E-state index contributed by atoms with van der Waals surface area (Å²) in [6.45, 7) is 5.46. The van der Waals surface area contributed by atoms with Crippen LogP contribution in [0.2, 0.25) is 0 Å². The Balaban J connectivity index is 1.97. The zero-order valence-electron chi connectivity index (χ0n) is 11.5. The number of hydrogen-bond acceptors (Lipinski definition) is 3. The molecule has 0 atom stereocenters. The third kappa shape index (κ3) is 3.16. The van der Waals surface area contributed by atoms with Gasteiger partial charge in [-0.3, -0.25) is 4.90 Å². The van der Waals surface area contributed by atoms with Gasteiger partial charge in [-0.05, 0) is 36.9 Å². The number of nitrogens with zero attached hydrogens (tertiary/aromatic N) is 1. The van der Waals surface area contributed by atoms with Gasteiger partial charge in [-0.25, -0.2) is 0 Å². The topological polar surface area (TPSA) is 38.5 Å². The normalized spacial score (nSPS) is 15.7. The van der Waals surface area contributed by atoms with E-state index in [1.807, 2.05) is 12.1 Å². The highest BCUT2D eigenvalue weighted by molar-refractivity contribution is 5.51. The summed E-state index contributed by atoms with van der Waals surface area (Å²) < 4.78 is 5.18. The highest BCUT2D eigenvalue weighted by Crippen LogP contribution is 2.28. The van der Waals surface area contributed by atoms with Gasteiger partial charge in [-0.2, -0.15) is 0 Å². The van der Waals surface area contributed by atoms with Crippen LogP contribution in [0.3, 0.4) is 0 Å². The summed E-state index contributed by atoms with van der Waals surface area (Å²) in [6.07, 6.45) is 4.20. The Morgan fingerprint density at radius 2 is 2.17 bits per heavy atom. The van der Waals surface area contributed by atoms with Crippen molar-refractivity contribution < 1.29 is 4.74 Å². The first-order valence-electron chi connectivity index (χ1n) is 6.87. The number of benzene rings is 1. The summed E-state index contributed by atoms with van der Waals surface area (Å²) in [4.78, 5) is 2.49. The number of ether oxygens (including phenoxy) is 1. The number of anilines is 1. The number of rotatable bonds is 6. The fourth-order valence-electron chi connectivity index (χ4n) is 2.43. The molecule has 100 valence electrons. The van der Waals surface area contributed by atoms with Crippen LogP contribution >= 0.6 is 0 Å². The molecule has 1 aromatic rings. The van der Waals surface area contributed by atoms with Gasteiger partial charge in [-0.1, -0.05) is 19.4 Å². The average molecular weight is 248 g/mol. The summed E-state index contributed by atoms with van der Waals surface area (Å²) in [5, 5.41) is 0. The summed E-state index contributed by atoms with van der Waals surface area (Å²) >= 11 is 0. The van der Waals surface area contributed by atoms with Crippen LogP contribution in [0.25, 0.3) is 0 Å². The van der Waals surface area contributed by atoms with E-state index in [0.717, 1.165) is 30.4 Å². The highest BCUT2D eigenvalue weighted by Gasteiger charge is 2.20. The second kappa shape index (κ2) is 6.10. The minimum atomic E-state index is 0.832. The van der Waals surface area contributed by atoms with E-state index in [0.29, 0.717) is 0 Å². The molecular weight excluding hydrogens is 224 g/mol. The van der Waals surface area contributed by atoms with Crippen LogP contribution in [0.1, 0.15) is 31.7 Å². The number of nitrogen functional groups attached to an aromatic ring is 1. The Kier molecular flexibility index (Phi) is 4.48. The Hall–Kier alpha value is -1.22. The molecule has 18 heavy (non-hydrogen) atoms. The summed E-state index contributed by atoms with van der Waals surface area (Å²) in [5.41, 5.74) is 8.11. The molecule has 0 aliphatic heterocycles. The van der Waals surface area contributed by atoms with Gasteiger partial charge >= 0.3 is 0 Å². The molecule has 0 unspecified atom stereocenters. The van der Waals surface area contributed by atoms with Crippen molar-refractivity contribution in [3.63, 3.8) is 0 Å². The van der Waals surface area contributed by atoms with Crippen LogP contribution < -0.4 is 10.5 Å². The number of nitrogens with two attached hydrogens (primary N) is 1. The maximum Gasteiger partial charge on any atom is 0.120 e. The molecule has 1 aliphatic carbocycles. The first-order valence-corrected chi connectivity index (χ1v) is 6.87. The fourth-order valence-corrected chi connectivity index (χ4v) is 2.43. The van der Waals surface area contributed by atoms with Crippen LogP contribution in [-0.4, -0.2) is 25.1 Å². The Morgan fingerprint density at radius 1 is 1.39 bits per heavy atom. The van der Waals surface area contributed by atoms with Crippen molar-refractivity contribution in [2.24, 2.45) is 5.92 Å². The quantitative estimate of drug-likeness (QED) is 0.787. The Bertz CT molecular complexity index is 388. The van der Waals surface area contributed by atoms with Crippen molar-refractivity contribution in [3.8, 4) is 5.75 Å². The lowest BCUT2D eigenvalue weighted by Gasteiger charge is -2.32. The first kappa shape index (κ1) is 13.2. The van der Waals surface area contributed by atoms with Crippen LogP contribution in [0.15, 0.2) is 18.2 Å². The van der Waals surface area contributed by atoms with Gasteiger partial charge in [0.2, 0.25) is 0 Å². The van der Waals surface area contributed by atoms with E-state index in [2.05, 4.69) is 17.9 Å². The molecule has 1 fully saturated rings. The monoisotopic (exact) mass is 248 g/mol. The predicted octanol–water partition coefficient (Wildman–Crippen LogP) is 2.90. The van der Waals surface area contributed by atoms with Gasteiger partial charge in [0, 0.05) is 24.8 Å². The summed E-state index contributed by atoms with van der Waals surface area (Å²) in [6, 6.07) is 5.98. The van der Waals surface area contributed by atoms with Crippen molar-refractivity contribution >= 4 is 5.69 Å². The SMILES string of the molecule is CCN(Cc1ccc(OC)cc1N)CC1CCC1. The van der Waals surface area contributed by atoms with Crippen LogP contribution in [0, 0.1) is 5.92 Å².